The fraction of sp³-hybridized carbons (Fsp3) is 0.571. The van der Waals surface area contributed by atoms with E-state index in [0.717, 1.165) is 26.1 Å². The van der Waals surface area contributed by atoms with Crippen LogP contribution >= 0.6 is 11.6 Å². The Balaban J connectivity index is 1.78. The number of carbonyl (C=O) groups excluding carboxylic acids is 1. The third-order valence-electron chi connectivity index (χ3n) is 4.09. The minimum atomic E-state index is 0.0427. The number of hydrogen-bond acceptors (Lipinski definition) is 3. The molecule has 3 heterocycles. The molecular weight excluding hydrogens is 262 g/mol. The normalized spacial score (nSPS) is 24.1. The molecule has 2 saturated heterocycles. The number of pyridine rings is 1. The maximum absolute atomic E-state index is 12.6. The van der Waals surface area contributed by atoms with Crippen LogP contribution in [0, 0.1) is 0 Å². The van der Waals surface area contributed by atoms with E-state index < -0.39 is 0 Å². The number of halogens is 1. The van der Waals surface area contributed by atoms with Gasteiger partial charge in [0.05, 0.1) is 10.6 Å². The first-order valence-electron chi connectivity index (χ1n) is 6.88. The summed E-state index contributed by atoms with van der Waals surface area (Å²) < 4.78 is 0. The molecule has 0 radical (unpaired) electrons. The van der Waals surface area contributed by atoms with Gasteiger partial charge in [-0.1, -0.05) is 11.6 Å². The van der Waals surface area contributed by atoms with Crippen LogP contribution in [0.4, 0.5) is 0 Å². The standard InChI is InChI=1S/C14H18ClN3O/c15-13-9-16-5-4-12(13)14(19)18-8-2-7-17-6-1-3-11(17)10-18/h4-5,9,11H,1-3,6-8,10H2. The molecule has 4 nitrogen and oxygen atoms in total. The first kappa shape index (κ1) is 12.9. The molecule has 102 valence electrons. The van der Waals surface area contributed by atoms with Gasteiger partial charge in [-0.05, 0) is 31.9 Å². The monoisotopic (exact) mass is 279 g/mol. The highest BCUT2D eigenvalue weighted by molar-refractivity contribution is 6.33. The maximum atomic E-state index is 12.6. The van der Waals surface area contributed by atoms with Crippen LogP contribution in [0.15, 0.2) is 18.5 Å². The SMILES string of the molecule is O=C(c1ccncc1Cl)N1CCCN2CCCC2C1. The van der Waals surface area contributed by atoms with Gasteiger partial charge in [-0.15, -0.1) is 0 Å². The van der Waals surface area contributed by atoms with Crippen molar-refractivity contribution in [3.05, 3.63) is 29.0 Å². The average Bonchev–Trinajstić information content (AvgIpc) is 2.76. The van der Waals surface area contributed by atoms with Gasteiger partial charge in [0.1, 0.15) is 0 Å². The minimum absolute atomic E-state index is 0.0427. The van der Waals surface area contributed by atoms with Gasteiger partial charge in [0.2, 0.25) is 0 Å². The Morgan fingerprint density at radius 2 is 2.16 bits per heavy atom. The molecule has 2 aliphatic heterocycles. The second-order valence-corrected chi connectivity index (χ2v) is 5.70. The lowest BCUT2D eigenvalue weighted by molar-refractivity contribution is 0.0743. The van der Waals surface area contributed by atoms with Crippen molar-refractivity contribution in [3.8, 4) is 0 Å². The molecule has 19 heavy (non-hydrogen) atoms. The van der Waals surface area contributed by atoms with E-state index in [0.29, 0.717) is 16.6 Å². The molecule has 1 unspecified atom stereocenters. The second kappa shape index (κ2) is 5.47. The van der Waals surface area contributed by atoms with Crippen molar-refractivity contribution in [1.29, 1.82) is 0 Å². The molecule has 1 amide bonds. The van der Waals surface area contributed by atoms with Crippen LogP contribution in [0.25, 0.3) is 0 Å². The summed E-state index contributed by atoms with van der Waals surface area (Å²) in [5.74, 6) is 0.0427. The summed E-state index contributed by atoms with van der Waals surface area (Å²) in [6.07, 6.45) is 6.66. The number of aromatic nitrogens is 1. The molecular formula is C14H18ClN3O. The van der Waals surface area contributed by atoms with Crippen LogP contribution in [0.3, 0.4) is 0 Å². The Labute approximate surface area is 118 Å². The molecule has 1 aromatic heterocycles. The summed E-state index contributed by atoms with van der Waals surface area (Å²) in [5, 5.41) is 0.444. The molecule has 0 aliphatic carbocycles. The van der Waals surface area contributed by atoms with E-state index in [1.807, 2.05) is 4.90 Å². The largest absolute Gasteiger partial charge is 0.337 e. The van der Waals surface area contributed by atoms with Crippen LogP contribution in [0.5, 0.6) is 0 Å². The molecule has 1 atom stereocenters. The quantitative estimate of drug-likeness (QED) is 0.789. The zero-order chi connectivity index (χ0) is 13.2. The zero-order valence-corrected chi connectivity index (χ0v) is 11.6. The van der Waals surface area contributed by atoms with Gasteiger partial charge < -0.3 is 4.90 Å². The van der Waals surface area contributed by atoms with Crippen molar-refractivity contribution in [2.45, 2.75) is 25.3 Å². The van der Waals surface area contributed by atoms with E-state index in [-0.39, 0.29) is 5.91 Å². The van der Waals surface area contributed by atoms with Gasteiger partial charge in [-0.25, -0.2) is 0 Å². The maximum Gasteiger partial charge on any atom is 0.255 e. The fourth-order valence-corrected chi connectivity index (χ4v) is 3.31. The lowest BCUT2D eigenvalue weighted by Gasteiger charge is -2.26. The van der Waals surface area contributed by atoms with Gasteiger partial charge in [-0.3, -0.25) is 14.7 Å². The molecule has 3 rings (SSSR count). The van der Waals surface area contributed by atoms with Gasteiger partial charge in [0.25, 0.3) is 5.91 Å². The van der Waals surface area contributed by atoms with Crippen molar-refractivity contribution < 1.29 is 4.79 Å². The third kappa shape index (κ3) is 2.60. The van der Waals surface area contributed by atoms with Crippen molar-refractivity contribution in [1.82, 2.24) is 14.8 Å². The number of nitrogens with zero attached hydrogens (tertiary/aromatic N) is 3. The summed E-state index contributed by atoms with van der Waals surface area (Å²) in [4.78, 5) is 21.0. The Morgan fingerprint density at radius 1 is 1.32 bits per heavy atom. The summed E-state index contributed by atoms with van der Waals surface area (Å²) in [5.41, 5.74) is 0.572. The summed E-state index contributed by atoms with van der Waals surface area (Å²) >= 11 is 6.07. The molecule has 0 saturated carbocycles. The topological polar surface area (TPSA) is 36.4 Å². The molecule has 0 aromatic carbocycles. The number of carbonyl (C=O) groups is 1. The van der Waals surface area contributed by atoms with Gasteiger partial charge in [-0.2, -0.15) is 0 Å². The van der Waals surface area contributed by atoms with Crippen LogP contribution in [0.2, 0.25) is 5.02 Å². The predicted octanol–water partition coefficient (Wildman–Crippen LogP) is 2.05. The Kier molecular flexibility index (Phi) is 3.71. The van der Waals surface area contributed by atoms with E-state index in [9.17, 15) is 4.79 Å². The van der Waals surface area contributed by atoms with Crippen molar-refractivity contribution in [2.24, 2.45) is 0 Å². The van der Waals surface area contributed by atoms with E-state index in [4.69, 9.17) is 11.6 Å². The molecule has 2 aliphatic rings. The fourth-order valence-electron chi connectivity index (χ4n) is 3.11. The second-order valence-electron chi connectivity index (χ2n) is 5.29. The Morgan fingerprint density at radius 3 is 3.00 bits per heavy atom. The van der Waals surface area contributed by atoms with E-state index in [2.05, 4.69) is 9.88 Å². The predicted molar refractivity (Wildman–Crippen MR) is 74.4 cm³/mol. The summed E-state index contributed by atoms with van der Waals surface area (Å²) in [7, 11) is 0. The smallest absolute Gasteiger partial charge is 0.255 e. The highest BCUT2D eigenvalue weighted by Gasteiger charge is 2.31. The molecule has 0 N–H and O–H groups in total. The molecule has 0 bridgehead atoms. The zero-order valence-electron chi connectivity index (χ0n) is 10.9. The highest BCUT2D eigenvalue weighted by Crippen LogP contribution is 2.23. The van der Waals surface area contributed by atoms with Crippen LogP contribution < -0.4 is 0 Å². The first-order valence-corrected chi connectivity index (χ1v) is 7.26. The first-order chi connectivity index (χ1) is 9.25. The number of hydrogen-bond donors (Lipinski definition) is 0. The molecule has 2 fully saturated rings. The summed E-state index contributed by atoms with van der Waals surface area (Å²) in [6, 6.07) is 2.24. The minimum Gasteiger partial charge on any atom is -0.337 e. The van der Waals surface area contributed by atoms with Crippen molar-refractivity contribution in [2.75, 3.05) is 26.2 Å². The van der Waals surface area contributed by atoms with Gasteiger partial charge in [0.15, 0.2) is 0 Å². The molecule has 0 spiro atoms. The van der Waals surface area contributed by atoms with E-state index >= 15 is 0 Å². The van der Waals surface area contributed by atoms with Gasteiger partial charge >= 0.3 is 0 Å². The average molecular weight is 280 g/mol. The highest BCUT2D eigenvalue weighted by atomic mass is 35.5. The van der Waals surface area contributed by atoms with E-state index in [1.54, 1.807) is 12.3 Å². The molecule has 1 aromatic rings. The lowest BCUT2D eigenvalue weighted by atomic mass is 10.2. The van der Waals surface area contributed by atoms with Crippen molar-refractivity contribution in [3.63, 3.8) is 0 Å². The number of rotatable bonds is 1. The lowest BCUT2D eigenvalue weighted by Crippen LogP contribution is -2.39. The van der Waals surface area contributed by atoms with Gasteiger partial charge in [0, 0.05) is 38.1 Å². The van der Waals surface area contributed by atoms with Crippen molar-refractivity contribution >= 4 is 17.5 Å². The number of amides is 1. The Bertz CT molecular complexity index is 480. The Hall–Kier alpha value is -1.13. The third-order valence-corrected chi connectivity index (χ3v) is 4.39. The van der Waals surface area contributed by atoms with E-state index in [1.165, 1.54) is 25.6 Å². The van der Waals surface area contributed by atoms with Crippen LogP contribution in [0.1, 0.15) is 29.6 Å². The molecule has 5 heteroatoms. The van der Waals surface area contributed by atoms with Crippen LogP contribution in [-0.2, 0) is 0 Å². The number of fused-ring (bicyclic) bond motifs is 1. The van der Waals surface area contributed by atoms with Crippen LogP contribution in [-0.4, -0.2) is 52.9 Å². The summed E-state index contributed by atoms with van der Waals surface area (Å²) in [6.45, 7) is 3.95.